The number of hydrogen-bond acceptors (Lipinski definition) is 3. The number of benzene rings is 1. The third kappa shape index (κ3) is 3.36. The van der Waals surface area contributed by atoms with Crippen LogP contribution in [0.1, 0.15) is 16.5 Å². The molecule has 2 heterocycles. The SMILES string of the molecule is Fc1cc(Br)cc(F)c1[C@@H](c1ccc(Cl)s1)N1CCNCC1. The Morgan fingerprint density at radius 3 is 2.36 bits per heavy atom. The van der Waals surface area contributed by atoms with Gasteiger partial charge in [-0.1, -0.05) is 27.5 Å². The zero-order chi connectivity index (χ0) is 15.7. The molecule has 1 aromatic heterocycles. The van der Waals surface area contributed by atoms with Gasteiger partial charge in [0.15, 0.2) is 0 Å². The lowest BCUT2D eigenvalue weighted by Gasteiger charge is -2.35. The number of rotatable bonds is 3. The quantitative estimate of drug-likeness (QED) is 0.809. The molecule has 2 nitrogen and oxygen atoms in total. The van der Waals surface area contributed by atoms with Gasteiger partial charge in [0.2, 0.25) is 0 Å². The molecule has 0 amide bonds. The molecule has 1 N–H and O–H groups in total. The Morgan fingerprint density at radius 1 is 1.18 bits per heavy atom. The topological polar surface area (TPSA) is 15.3 Å². The van der Waals surface area contributed by atoms with Crippen molar-refractivity contribution in [3.05, 3.63) is 55.1 Å². The molecule has 2 aromatic rings. The van der Waals surface area contributed by atoms with E-state index in [-0.39, 0.29) is 5.56 Å². The summed E-state index contributed by atoms with van der Waals surface area (Å²) in [4.78, 5) is 2.95. The standard InChI is InChI=1S/C15H14BrClF2N2S/c16-9-7-10(18)14(11(19)8-9)15(12-1-2-13(17)22-12)21-5-3-20-4-6-21/h1-2,7-8,15,20H,3-6H2/t15-/m1/s1. The van der Waals surface area contributed by atoms with E-state index >= 15 is 0 Å². The smallest absolute Gasteiger partial charge is 0.132 e. The summed E-state index contributed by atoms with van der Waals surface area (Å²) in [6, 6.07) is 5.78. The molecule has 0 spiro atoms. The van der Waals surface area contributed by atoms with Crippen molar-refractivity contribution in [1.82, 2.24) is 10.2 Å². The van der Waals surface area contributed by atoms with Crippen molar-refractivity contribution in [2.75, 3.05) is 26.2 Å². The second-order valence-electron chi connectivity index (χ2n) is 5.11. The zero-order valence-corrected chi connectivity index (χ0v) is 14.7. The summed E-state index contributed by atoms with van der Waals surface area (Å²) < 4.78 is 30.0. The maximum Gasteiger partial charge on any atom is 0.132 e. The van der Waals surface area contributed by atoms with Gasteiger partial charge in [0.05, 0.1) is 10.4 Å². The summed E-state index contributed by atoms with van der Waals surface area (Å²) in [7, 11) is 0. The van der Waals surface area contributed by atoms with E-state index in [9.17, 15) is 8.78 Å². The predicted octanol–water partition coefficient (Wildman–Crippen LogP) is 4.44. The normalized spacial score (nSPS) is 17.6. The van der Waals surface area contributed by atoms with Crippen LogP contribution in [0.3, 0.4) is 0 Å². The molecule has 0 aliphatic carbocycles. The van der Waals surface area contributed by atoms with Crippen molar-refractivity contribution < 1.29 is 8.78 Å². The second kappa shape index (κ2) is 6.93. The molecule has 1 aliphatic heterocycles. The average Bonchev–Trinajstić information content (AvgIpc) is 2.89. The van der Waals surface area contributed by atoms with Crippen molar-refractivity contribution in [2.45, 2.75) is 6.04 Å². The first-order valence-corrected chi connectivity index (χ1v) is 8.89. The molecule has 0 bridgehead atoms. The molecule has 1 atom stereocenters. The van der Waals surface area contributed by atoms with E-state index in [0.717, 1.165) is 31.1 Å². The highest BCUT2D eigenvalue weighted by molar-refractivity contribution is 9.10. The number of thiophene rings is 1. The van der Waals surface area contributed by atoms with Crippen molar-refractivity contribution in [2.24, 2.45) is 0 Å². The summed E-state index contributed by atoms with van der Waals surface area (Å²) in [5, 5.41) is 3.26. The van der Waals surface area contributed by atoms with E-state index in [4.69, 9.17) is 11.6 Å². The molecule has 0 saturated carbocycles. The largest absolute Gasteiger partial charge is 0.314 e. The van der Waals surface area contributed by atoms with Crippen molar-refractivity contribution in [3.8, 4) is 0 Å². The van der Waals surface area contributed by atoms with Gasteiger partial charge in [-0.3, -0.25) is 4.90 Å². The van der Waals surface area contributed by atoms with Gasteiger partial charge in [0.1, 0.15) is 11.6 Å². The maximum absolute atomic E-state index is 14.5. The summed E-state index contributed by atoms with van der Waals surface area (Å²) in [5.74, 6) is -1.08. The van der Waals surface area contributed by atoms with Crippen LogP contribution >= 0.6 is 38.9 Å². The van der Waals surface area contributed by atoms with Crippen LogP contribution in [-0.2, 0) is 0 Å². The molecule has 1 aliphatic rings. The fourth-order valence-electron chi connectivity index (χ4n) is 2.73. The first kappa shape index (κ1) is 16.3. The molecular weight excluding hydrogens is 394 g/mol. The maximum atomic E-state index is 14.5. The van der Waals surface area contributed by atoms with E-state index in [1.165, 1.54) is 23.5 Å². The number of nitrogens with one attached hydrogen (secondary N) is 1. The highest BCUT2D eigenvalue weighted by atomic mass is 79.9. The first-order valence-electron chi connectivity index (χ1n) is 6.90. The summed E-state index contributed by atoms with van der Waals surface area (Å²) in [6.45, 7) is 3.06. The van der Waals surface area contributed by atoms with Crippen LogP contribution in [0.4, 0.5) is 8.78 Å². The molecule has 1 saturated heterocycles. The van der Waals surface area contributed by atoms with Crippen LogP contribution in [0.25, 0.3) is 0 Å². The fourth-order valence-corrected chi connectivity index (χ4v) is 4.34. The van der Waals surface area contributed by atoms with Gasteiger partial charge >= 0.3 is 0 Å². The number of nitrogens with zero attached hydrogens (tertiary/aromatic N) is 1. The second-order valence-corrected chi connectivity index (χ2v) is 7.78. The van der Waals surface area contributed by atoms with Crippen molar-refractivity contribution in [3.63, 3.8) is 0 Å². The summed E-state index contributed by atoms with van der Waals surface area (Å²) in [5.41, 5.74) is 0.0867. The molecular formula is C15H14BrClF2N2S. The van der Waals surface area contributed by atoms with Crippen LogP contribution in [0.15, 0.2) is 28.7 Å². The van der Waals surface area contributed by atoms with E-state index in [1.54, 1.807) is 6.07 Å². The van der Waals surface area contributed by atoms with Crippen LogP contribution < -0.4 is 5.32 Å². The first-order chi connectivity index (χ1) is 10.6. The highest BCUT2D eigenvalue weighted by Crippen LogP contribution is 2.38. The molecule has 1 aromatic carbocycles. The monoisotopic (exact) mass is 406 g/mol. The van der Waals surface area contributed by atoms with Crippen LogP contribution in [-0.4, -0.2) is 31.1 Å². The fraction of sp³-hybridized carbons (Fsp3) is 0.333. The molecule has 0 unspecified atom stereocenters. The Hall–Kier alpha value is -0.530. The molecule has 118 valence electrons. The minimum Gasteiger partial charge on any atom is -0.314 e. The van der Waals surface area contributed by atoms with Gasteiger partial charge in [0.25, 0.3) is 0 Å². The molecule has 0 radical (unpaired) electrons. The Balaban J connectivity index is 2.09. The van der Waals surface area contributed by atoms with Crippen LogP contribution in [0.2, 0.25) is 4.34 Å². The lowest BCUT2D eigenvalue weighted by Crippen LogP contribution is -2.45. The van der Waals surface area contributed by atoms with E-state index < -0.39 is 17.7 Å². The highest BCUT2D eigenvalue weighted by Gasteiger charge is 2.30. The van der Waals surface area contributed by atoms with E-state index in [2.05, 4.69) is 26.1 Å². The molecule has 3 rings (SSSR count). The number of halogens is 4. The predicted molar refractivity (Wildman–Crippen MR) is 89.7 cm³/mol. The summed E-state index contributed by atoms with van der Waals surface area (Å²) >= 11 is 10.5. The Kier molecular flexibility index (Phi) is 5.14. The zero-order valence-electron chi connectivity index (χ0n) is 11.6. The minimum atomic E-state index is -0.542. The van der Waals surface area contributed by atoms with Crippen LogP contribution in [0, 0.1) is 11.6 Å². The van der Waals surface area contributed by atoms with Gasteiger partial charge in [0, 0.05) is 41.1 Å². The Morgan fingerprint density at radius 2 is 1.82 bits per heavy atom. The van der Waals surface area contributed by atoms with Crippen molar-refractivity contribution in [1.29, 1.82) is 0 Å². The van der Waals surface area contributed by atoms with Gasteiger partial charge in [-0.05, 0) is 24.3 Å². The van der Waals surface area contributed by atoms with Gasteiger partial charge in [-0.15, -0.1) is 11.3 Å². The molecule has 7 heteroatoms. The Labute approximate surface area is 145 Å². The minimum absolute atomic E-state index is 0.0867. The van der Waals surface area contributed by atoms with Gasteiger partial charge < -0.3 is 5.32 Å². The van der Waals surface area contributed by atoms with E-state index in [0.29, 0.717) is 8.81 Å². The molecule has 1 fully saturated rings. The Bertz CT molecular complexity index is 650. The van der Waals surface area contributed by atoms with Crippen LogP contribution in [0.5, 0.6) is 0 Å². The molecule has 22 heavy (non-hydrogen) atoms. The summed E-state index contributed by atoms with van der Waals surface area (Å²) in [6.07, 6.45) is 0. The van der Waals surface area contributed by atoms with E-state index in [1.807, 2.05) is 6.07 Å². The van der Waals surface area contributed by atoms with Crippen molar-refractivity contribution >= 4 is 38.9 Å². The lowest BCUT2D eigenvalue weighted by atomic mass is 10.0. The van der Waals surface area contributed by atoms with Gasteiger partial charge in [-0.2, -0.15) is 0 Å². The number of piperazine rings is 1. The third-order valence-electron chi connectivity index (χ3n) is 3.70. The van der Waals surface area contributed by atoms with Gasteiger partial charge in [-0.25, -0.2) is 8.78 Å². The third-order valence-corrected chi connectivity index (χ3v) is 5.44. The lowest BCUT2D eigenvalue weighted by molar-refractivity contribution is 0.194. The average molecular weight is 408 g/mol. The number of hydrogen-bond donors (Lipinski definition) is 1.